The third-order valence-corrected chi connectivity index (χ3v) is 3.81. The number of hydrogen-bond acceptors (Lipinski definition) is 4. The van der Waals surface area contributed by atoms with E-state index in [1.807, 2.05) is 32.9 Å². The number of allylic oxidation sites excluding steroid dienone is 1. The van der Waals surface area contributed by atoms with E-state index in [9.17, 15) is 9.90 Å². The van der Waals surface area contributed by atoms with Crippen molar-refractivity contribution < 1.29 is 14.6 Å². The number of amides is 1. The molecule has 1 saturated heterocycles. The molecule has 0 spiro atoms. The molecule has 1 amide bonds. The summed E-state index contributed by atoms with van der Waals surface area (Å²) in [6, 6.07) is 0. The Hall–Kier alpha value is -1.36. The largest absolute Gasteiger partial charge is 0.444 e. The third kappa shape index (κ3) is 3.60. The van der Waals surface area contributed by atoms with Crippen molar-refractivity contribution in [3.05, 3.63) is 12.2 Å². The Balaban J connectivity index is 1.90. The summed E-state index contributed by atoms with van der Waals surface area (Å²) in [5, 5.41) is 10.7. The van der Waals surface area contributed by atoms with Gasteiger partial charge in [0.15, 0.2) is 0 Å². The second kappa shape index (κ2) is 5.56. The van der Waals surface area contributed by atoms with Crippen LogP contribution in [0.15, 0.2) is 17.1 Å². The summed E-state index contributed by atoms with van der Waals surface area (Å²) in [6.07, 6.45) is 6.49. The van der Waals surface area contributed by atoms with Gasteiger partial charge in [0.2, 0.25) is 0 Å². The highest BCUT2D eigenvalue weighted by Crippen LogP contribution is 2.32. The highest BCUT2D eigenvalue weighted by Gasteiger charge is 2.40. The van der Waals surface area contributed by atoms with Gasteiger partial charge in [-0.25, -0.2) is 4.79 Å². The van der Waals surface area contributed by atoms with Crippen molar-refractivity contribution in [2.24, 2.45) is 10.9 Å². The van der Waals surface area contributed by atoms with Crippen LogP contribution in [-0.2, 0) is 4.74 Å². The molecule has 0 radical (unpaired) electrons. The molecule has 2 aliphatic rings. The van der Waals surface area contributed by atoms with Crippen LogP contribution in [0.25, 0.3) is 0 Å². The van der Waals surface area contributed by atoms with E-state index in [4.69, 9.17) is 4.74 Å². The molecular weight excluding hydrogens is 256 g/mol. The molecule has 2 aliphatic heterocycles. The fraction of sp³-hybridized carbons (Fsp3) is 0.733. The number of likely N-dealkylation sites (tertiary alicyclic amines) is 1. The Bertz CT molecular complexity index is 415. The molecule has 0 aliphatic carbocycles. The number of ether oxygens (including phenoxy) is 1. The lowest BCUT2D eigenvalue weighted by Crippen LogP contribution is -2.51. The van der Waals surface area contributed by atoms with Crippen molar-refractivity contribution >= 4 is 12.3 Å². The summed E-state index contributed by atoms with van der Waals surface area (Å²) in [7, 11) is 0. The van der Waals surface area contributed by atoms with Gasteiger partial charge in [0.25, 0.3) is 0 Å². The average Bonchev–Trinajstić information content (AvgIpc) is 2.38. The van der Waals surface area contributed by atoms with Gasteiger partial charge in [-0.05, 0) is 39.7 Å². The number of piperidine rings is 1. The van der Waals surface area contributed by atoms with Crippen LogP contribution in [0.3, 0.4) is 0 Å². The number of rotatable bonds is 1. The molecule has 0 aromatic rings. The van der Waals surface area contributed by atoms with Gasteiger partial charge in [-0.3, -0.25) is 4.99 Å². The van der Waals surface area contributed by atoms with Gasteiger partial charge in [0.1, 0.15) is 5.60 Å². The molecule has 20 heavy (non-hydrogen) atoms. The number of nitrogens with zero attached hydrogens (tertiary/aromatic N) is 2. The van der Waals surface area contributed by atoms with Gasteiger partial charge in [-0.15, -0.1) is 0 Å². The standard InChI is InChI=1S/C15H24N2O3/c1-14(2,3)20-13(18)17-9-6-15(19,7-10-17)12-5-4-8-16-11-12/h4-5,8,12,19H,6-7,9-11H2,1-3H3. The highest BCUT2D eigenvalue weighted by atomic mass is 16.6. The number of dihydropyridines is 1. The summed E-state index contributed by atoms with van der Waals surface area (Å²) < 4.78 is 5.36. The first-order valence-corrected chi connectivity index (χ1v) is 7.17. The molecule has 0 saturated carbocycles. The van der Waals surface area contributed by atoms with E-state index in [1.54, 1.807) is 11.1 Å². The van der Waals surface area contributed by atoms with Crippen LogP contribution in [0.2, 0.25) is 0 Å². The van der Waals surface area contributed by atoms with E-state index in [0.29, 0.717) is 32.5 Å². The third-order valence-electron chi connectivity index (χ3n) is 3.81. The maximum Gasteiger partial charge on any atom is 0.410 e. The van der Waals surface area contributed by atoms with Crippen molar-refractivity contribution in [3.63, 3.8) is 0 Å². The lowest BCUT2D eigenvalue weighted by molar-refractivity contribution is -0.0548. The van der Waals surface area contributed by atoms with Crippen molar-refractivity contribution in [2.75, 3.05) is 19.6 Å². The highest BCUT2D eigenvalue weighted by molar-refractivity contribution is 5.72. The Morgan fingerprint density at radius 3 is 2.55 bits per heavy atom. The van der Waals surface area contributed by atoms with E-state index in [2.05, 4.69) is 4.99 Å². The monoisotopic (exact) mass is 280 g/mol. The van der Waals surface area contributed by atoms with Crippen LogP contribution in [0.5, 0.6) is 0 Å². The molecule has 5 heteroatoms. The maximum atomic E-state index is 12.0. The van der Waals surface area contributed by atoms with Gasteiger partial charge in [-0.1, -0.05) is 6.08 Å². The Labute approximate surface area is 120 Å². The van der Waals surface area contributed by atoms with E-state index in [1.165, 1.54) is 0 Å². The number of carbonyl (C=O) groups excluding carboxylic acids is 1. The van der Waals surface area contributed by atoms with Crippen LogP contribution < -0.4 is 0 Å². The van der Waals surface area contributed by atoms with Crippen LogP contribution in [-0.4, -0.2) is 53.2 Å². The molecule has 1 N–H and O–H groups in total. The lowest BCUT2D eigenvalue weighted by Gasteiger charge is -2.42. The zero-order valence-electron chi connectivity index (χ0n) is 12.5. The zero-order chi connectivity index (χ0) is 14.8. The predicted molar refractivity (Wildman–Crippen MR) is 78.0 cm³/mol. The number of aliphatic imine (C=N–C) groups is 1. The van der Waals surface area contributed by atoms with Crippen molar-refractivity contribution in [1.82, 2.24) is 4.90 Å². The minimum Gasteiger partial charge on any atom is -0.444 e. The summed E-state index contributed by atoms with van der Waals surface area (Å²) in [6.45, 7) is 7.25. The molecular formula is C15H24N2O3. The maximum absolute atomic E-state index is 12.0. The number of aliphatic hydroxyl groups is 1. The van der Waals surface area contributed by atoms with Gasteiger partial charge < -0.3 is 14.7 Å². The fourth-order valence-electron chi connectivity index (χ4n) is 2.60. The molecule has 0 bridgehead atoms. The van der Waals surface area contributed by atoms with E-state index in [0.717, 1.165) is 0 Å². The van der Waals surface area contributed by atoms with Crippen molar-refractivity contribution in [1.29, 1.82) is 0 Å². The number of hydrogen-bond donors (Lipinski definition) is 1. The van der Waals surface area contributed by atoms with Gasteiger partial charge >= 0.3 is 6.09 Å². The Kier molecular flexibility index (Phi) is 4.18. The zero-order valence-corrected chi connectivity index (χ0v) is 12.5. The minimum atomic E-state index is -0.757. The second-order valence-corrected chi connectivity index (χ2v) is 6.58. The van der Waals surface area contributed by atoms with Crippen LogP contribution in [0.1, 0.15) is 33.6 Å². The quantitative estimate of drug-likeness (QED) is 0.799. The smallest absolute Gasteiger partial charge is 0.410 e. The molecule has 5 nitrogen and oxygen atoms in total. The van der Waals surface area contributed by atoms with E-state index in [-0.39, 0.29) is 12.0 Å². The normalized spacial score (nSPS) is 25.6. The van der Waals surface area contributed by atoms with Gasteiger partial charge in [-0.2, -0.15) is 0 Å². The SMILES string of the molecule is CC(C)(C)OC(=O)N1CCC(O)(C2C=CC=NC2)CC1. The molecule has 112 valence electrons. The average molecular weight is 280 g/mol. The summed E-state index contributed by atoms with van der Waals surface area (Å²) in [5.74, 6) is 0.0493. The molecule has 1 atom stereocenters. The Morgan fingerprint density at radius 1 is 1.40 bits per heavy atom. The van der Waals surface area contributed by atoms with Gasteiger partial charge in [0.05, 0.1) is 5.60 Å². The Morgan fingerprint density at radius 2 is 2.05 bits per heavy atom. The molecule has 2 heterocycles. The van der Waals surface area contributed by atoms with Crippen LogP contribution in [0.4, 0.5) is 4.79 Å². The topological polar surface area (TPSA) is 62.1 Å². The summed E-state index contributed by atoms with van der Waals surface area (Å²) in [5.41, 5.74) is -1.24. The molecule has 1 unspecified atom stereocenters. The van der Waals surface area contributed by atoms with Crippen molar-refractivity contribution in [3.8, 4) is 0 Å². The van der Waals surface area contributed by atoms with Crippen LogP contribution >= 0.6 is 0 Å². The molecule has 0 aromatic carbocycles. The second-order valence-electron chi connectivity index (χ2n) is 6.58. The first-order valence-electron chi connectivity index (χ1n) is 7.17. The molecule has 2 rings (SSSR count). The minimum absolute atomic E-state index is 0.0493. The van der Waals surface area contributed by atoms with E-state index < -0.39 is 11.2 Å². The number of carbonyl (C=O) groups is 1. The van der Waals surface area contributed by atoms with Crippen LogP contribution in [0, 0.1) is 5.92 Å². The first kappa shape index (κ1) is 15.0. The van der Waals surface area contributed by atoms with Gasteiger partial charge in [0, 0.05) is 31.8 Å². The molecule has 1 fully saturated rings. The molecule has 0 aromatic heterocycles. The van der Waals surface area contributed by atoms with Crippen molar-refractivity contribution in [2.45, 2.75) is 44.8 Å². The summed E-state index contributed by atoms with van der Waals surface area (Å²) in [4.78, 5) is 17.9. The first-order chi connectivity index (χ1) is 9.30. The lowest BCUT2D eigenvalue weighted by atomic mass is 9.79. The predicted octanol–water partition coefficient (Wildman–Crippen LogP) is 2.01. The summed E-state index contributed by atoms with van der Waals surface area (Å²) >= 11 is 0. The fourth-order valence-corrected chi connectivity index (χ4v) is 2.60. The van der Waals surface area contributed by atoms with E-state index >= 15 is 0 Å².